The first-order chi connectivity index (χ1) is 8.13. The summed E-state index contributed by atoms with van der Waals surface area (Å²) in [6, 6.07) is 6.57. The topological polar surface area (TPSA) is 29.9 Å². The van der Waals surface area contributed by atoms with Crippen molar-refractivity contribution in [2.45, 2.75) is 19.9 Å². The monoisotopic (exact) mass is 229 g/mol. The van der Waals surface area contributed by atoms with Gasteiger partial charge >= 0.3 is 0 Å². The van der Waals surface area contributed by atoms with Gasteiger partial charge in [0.1, 0.15) is 0 Å². The summed E-state index contributed by atoms with van der Waals surface area (Å²) in [4.78, 5) is 4.43. The molecule has 0 aliphatic rings. The van der Waals surface area contributed by atoms with Crippen LogP contribution in [0.15, 0.2) is 30.7 Å². The Bertz CT molecular complexity index is 514. The van der Waals surface area contributed by atoms with Crippen molar-refractivity contribution in [1.82, 2.24) is 14.9 Å². The largest absolute Gasteiger partial charge is 0.340 e. The van der Waals surface area contributed by atoms with Gasteiger partial charge in [-0.15, -0.1) is 0 Å². The molecule has 17 heavy (non-hydrogen) atoms. The molecule has 1 atom stereocenters. The van der Waals surface area contributed by atoms with Crippen LogP contribution in [-0.2, 0) is 7.05 Å². The fourth-order valence-electron chi connectivity index (χ4n) is 2.13. The molecule has 0 amide bonds. The van der Waals surface area contributed by atoms with Crippen LogP contribution in [0.25, 0.3) is 0 Å². The molecule has 3 nitrogen and oxygen atoms in total. The predicted octanol–water partition coefficient (Wildman–Crippen LogP) is 2.35. The van der Waals surface area contributed by atoms with Gasteiger partial charge in [-0.25, -0.2) is 4.98 Å². The fraction of sp³-hybridized carbons (Fsp3) is 0.357. The van der Waals surface area contributed by atoms with E-state index < -0.39 is 0 Å². The summed E-state index contributed by atoms with van der Waals surface area (Å²) in [7, 11) is 3.97. The van der Waals surface area contributed by atoms with Gasteiger partial charge in [0.2, 0.25) is 0 Å². The average molecular weight is 229 g/mol. The van der Waals surface area contributed by atoms with Crippen LogP contribution in [0.2, 0.25) is 0 Å². The lowest BCUT2D eigenvalue weighted by molar-refractivity contribution is 0.669. The van der Waals surface area contributed by atoms with Crippen LogP contribution in [0, 0.1) is 13.8 Å². The van der Waals surface area contributed by atoms with Gasteiger partial charge < -0.3 is 9.88 Å². The van der Waals surface area contributed by atoms with Crippen LogP contribution in [-0.4, -0.2) is 16.6 Å². The molecule has 1 aromatic heterocycles. The lowest BCUT2D eigenvalue weighted by atomic mass is 9.96. The molecule has 1 N–H and O–H groups in total. The Kier molecular flexibility index (Phi) is 3.29. The van der Waals surface area contributed by atoms with Crippen LogP contribution in [0.5, 0.6) is 0 Å². The second-order valence-electron chi connectivity index (χ2n) is 4.47. The zero-order valence-corrected chi connectivity index (χ0v) is 10.9. The first kappa shape index (κ1) is 11.9. The lowest BCUT2D eigenvalue weighted by Gasteiger charge is -2.18. The second kappa shape index (κ2) is 4.72. The summed E-state index contributed by atoms with van der Waals surface area (Å²) in [5.74, 6) is 0. The van der Waals surface area contributed by atoms with Crippen LogP contribution in [0.1, 0.15) is 28.4 Å². The van der Waals surface area contributed by atoms with Crippen LogP contribution < -0.4 is 5.32 Å². The summed E-state index contributed by atoms with van der Waals surface area (Å²) in [5.41, 5.74) is 5.01. The maximum Gasteiger partial charge on any atom is 0.0947 e. The van der Waals surface area contributed by atoms with Gasteiger partial charge in [0.15, 0.2) is 0 Å². The average Bonchev–Trinajstić information content (AvgIpc) is 2.72. The van der Waals surface area contributed by atoms with E-state index in [0.717, 1.165) is 5.69 Å². The Hall–Kier alpha value is -1.61. The van der Waals surface area contributed by atoms with Gasteiger partial charge in [-0.05, 0) is 37.6 Å². The zero-order valence-electron chi connectivity index (χ0n) is 10.9. The first-order valence-corrected chi connectivity index (χ1v) is 5.84. The van der Waals surface area contributed by atoms with E-state index in [-0.39, 0.29) is 6.04 Å². The van der Waals surface area contributed by atoms with E-state index >= 15 is 0 Å². The van der Waals surface area contributed by atoms with E-state index in [2.05, 4.69) is 48.5 Å². The summed E-state index contributed by atoms with van der Waals surface area (Å²) in [5, 5.41) is 3.34. The van der Waals surface area contributed by atoms with E-state index in [4.69, 9.17) is 0 Å². The smallest absolute Gasteiger partial charge is 0.0947 e. The Morgan fingerprint density at radius 1 is 1.29 bits per heavy atom. The summed E-state index contributed by atoms with van der Waals surface area (Å²) < 4.78 is 1.98. The molecule has 0 saturated carbocycles. The third-order valence-corrected chi connectivity index (χ3v) is 3.27. The van der Waals surface area contributed by atoms with E-state index in [1.54, 1.807) is 0 Å². The zero-order chi connectivity index (χ0) is 12.4. The van der Waals surface area contributed by atoms with Crippen molar-refractivity contribution in [3.8, 4) is 0 Å². The minimum absolute atomic E-state index is 0.163. The molecule has 90 valence electrons. The molecule has 1 aromatic carbocycles. The molecule has 0 saturated heterocycles. The van der Waals surface area contributed by atoms with E-state index in [0.29, 0.717) is 0 Å². The highest BCUT2D eigenvalue weighted by Gasteiger charge is 2.16. The number of benzene rings is 1. The van der Waals surface area contributed by atoms with Gasteiger partial charge in [-0.3, -0.25) is 0 Å². The number of nitrogens with zero attached hydrogens (tertiary/aromatic N) is 2. The van der Waals surface area contributed by atoms with Gasteiger partial charge in [-0.1, -0.05) is 18.2 Å². The minimum Gasteiger partial charge on any atom is -0.340 e. The number of imidazole rings is 1. The highest BCUT2D eigenvalue weighted by Crippen LogP contribution is 2.24. The van der Waals surface area contributed by atoms with Gasteiger partial charge in [-0.2, -0.15) is 0 Å². The summed E-state index contributed by atoms with van der Waals surface area (Å²) >= 11 is 0. The molecule has 0 radical (unpaired) electrons. The fourth-order valence-corrected chi connectivity index (χ4v) is 2.13. The third-order valence-electron chi connectivity index (χ3n) is 3.27. The van der Waals surface area contributed by atoms with Gasteiger partial charge in [0, 0.05) is 13.2 Å². The molecule has 0 bridgehead atoms. The van der Waals surface area contributed by atoms with Crippen molar-refractivity contribution >= 4 is 0 Å². The highest BCUT2D eigenvalue weighted by atomic mass is 15.0. The Morgan fingerprint density at radius 3 is 2.65 bits per heavy atom. The molecule has 0 fully saturated rings. The van der Waals surface area contributed by atoms with Crippen molar-refractivity contribution in [1.29, 1.82) is 0 Å². The van der Waals surface area contributed by atoms with Crippen LogP contribution >= 0.6 is 0 Å². The highest BCUT2D eigenvalue weighted by molar-refractivity contribution is 5.38. The number of aromatic nitrogens is 2. The van der Waals surface area contributed by atoms with E-state index in [1.807, 2.05) is 25.0 Å². The molecule has 1 heterocycles. The molecule has 0 aliphatic carbocycles. The normalized spacial score (nSPS) is 12.7. The van der Waals surface area contributed by atoms with E-state index in [1.165, 1.54) is 16.7 Å². The molecular weight excluding hydrogens is 210 g/mol. The first-order valence-electron chi connectivity index (χ1n) is 5.84. The lowest BCUT2D eigenvalue weighted by Crippen LogP contribution is -2.19. The van der Waals surface area contributed by atoms with Gasteiger partial charge in [0.05, 0.1) is 18.1 Å². The maximum atomic E-state index is 4.43. The van der Waals surface area contributed by atoms with Crippen molar-refractivity contribution < 1.29 is 0 Å². The number of aryl methyl sites for hydroxylation is 2. The van der Waals surface area contributed by atoms with Crippen LogP contribution in [0.4, 0.5) is 0 Å². The Balaban J connectivity index is 2.45. The maximum absolute atomic E-state index is 4.43. The van der Waals surface area contributed by atoms with Crippen molar-refractivity contribution in [2.24, 2.45) is 7.05 Å². The second-order valence-corrected chi connectivity index (χ2v) is 4.47. The molecule has 2 rings (SSSR count). The van der Waals surface area contributed by atoms with Crippen molar-refractivity contribution in [3.63, 3.8) is 0 Å². The number of hydrogen-bond acceptors (Lipinski definition) is 2. The predicted molar refractivity (Wildman–Crippen MR) is 70.0 cm³/mol. The quantitative estimate of drug-likeness (QED) is 0.875. The third kappa shape index (κ3) is 2.24. The number of nitrogens with one attached hydrogen (secondary N) is 1. The minimum atomic E-state index is 0.163. The summed E-state index contributed by atoms with van der Waals surface area (Å²) in [6.07, 6.45) is 3.90. The Labute approximate surface area is 103 Å². The standard InChI is InChI=1S/C14H19N3/c1-10-6-5-7-12(11(10)2)14(15-3)13-8-17(4)9-16-13/h5-9,14-15H,1-4H3. The van der Waals surface area contributed by atoms with Crippen molar-refractivity contribution in [2.75, 3.05) is 7.05 Å². The molecule has 3 heteroatoms. The molecular formula is C14H19N3. The van der Waals surface area contributed by atoms with E-state index in [9.17, 15) is 0 Å². The molecule has 0 aliphatic heterocycles. The number of rotatable bonds is 3. The summed E-state index contributed by atoms with van der Waals surface area (Å²) in [6.45, 7) is 4.31. The van der Waals surface area contributed by atoms with Crippen LogP contribution in [0.3, 0.4) is 0 Å². The molecule has 2 aromatic rings. The molecule has 0 spiro atoms. The van der Waals surface area contributed by atoms with Gasteiger partial charge in [0.25, 0.3) is 0 Å². The molecule has 1 unspecified atom stereocenters. The van der Waals surface area contributed by atoms with Crippen molar-refractivity contribution in [3.05, 3.63) is 53.1 Å². The SMILES string of the molecule is CNC(c1cn(C)cn1)c1cccc(C)c1C. The number of hydrogen-bond donors (Lipinski definition) is 1. The Morgan fingerprint density at radius 2 is 2.06 bits per heavy atom.